The number of amides is 2. The minimum Gasteiger partial charge on any atom is -0.383 e. The van der Waals surface area contributed by atoms with Gasteiger partial charge in [0.25, 0.3) is 0 Å². The molecule has 0 aliphatic rings. The van der Waals surface area contributed by atoms with Crippen LogP contribution in [-0.2, 0) is 11.3 Å². The molecule has 0 saturated heterocycles. The molecule has 0 unspecified atom stereocenters. The van der Waals surface area contributed by atoms with Gasteiger partial charge in [0, 0.05) is 19.3 Å². The highest BCUT2D eigenvalue weighted by Crippen LogP contribution is 2.23. The first-order valence-electron chi connectivity index (χ1n) is 8.47. The molecule has 7 heteroatoms. The molecule has 0 fully saturated rings. The number of carbonyl (C=O) groups excluding carboxylic acids is 1. The van der Waals surface area contributed by atoms with E-state index in [-0.39, 0.29) is 12.1 Å². The van der Waals surface area contributed by atoms with Gasteiger partial charge >= 0.3 is 6.03 Å². The van der Waals surface area contributed by atoms with Gasteiger partial charge in [-0.3, -0.25) is 0 Å². The fourth-order valence-electron chi connectivity index (χ4n) is 2.73. The third-order valence-corrected chi connectivity index (χ3v) is 4.08. The first-order chi connectivity index (χ1) is 11.9. The molecule has 7 nitrogen and oxygen atoms in total. The van der Waals surface area contributed by atoms with Crippen LogP contribution in [0.25, 0.3) is 0 Å². The van der Waals surface area contributed by atoms with Crippen LogP contribution in [0.15, 0.2) is 24.5 Å². The van der Waals surface area contributed by atoms with Gasteiger partial charge in [-0.15, -0.1) is 10.2 Å². The number of aromatic nitrogens is 3. The summed E-state index contributed by atoms with van der Waals surface area (Å²) in [4.78, 5) is 12.3. The van der Waals surface area contributed by atoms with Gasteiger partial charge in [0.15, 0.2) is 5.82 Å². The van der Waals surface area contributed by atoms with Gasteiger partial charge in [0.2, 0.25) is 0 Å². The number of anilines is 1. The Morgan fingerprint density at radius 2 is 2.08 bits per heavy atom. The van der Waals surface area contributed by atoms with Crippen LogP contribution < -0.4 is 10.6 Å². The second kappa shape index (κ2) is 8.62. The molecule has 0 aliphatic carbocycles. The number of rotatable bonds is 7. The summed E-state index contributed by atoms with van der Waals surface area (Å²) in [5.74, 6) is 1.10. The lowest BCUT2D eigenvalue weighted by Crippen LogP contribution is -2.32. The van der Waals surface area contributed by atoms with E-state index >= 15 is 0 Å². The molecule has 0 aliphatic heterocycles. The molecule has 2 rings (SSSR count). The molecule has 1 atom stereocenters. The molecule has 0 saturated carbocycles. The summed E-state index contributed by atoms with van der Waals surface area (Å²) in [6.45, 7) is 9.44. The maximum atomic E-state index is 12.3. The summed E-state index contributed by atoms with van der Waals surface area (Å²) in [6.07, 6.45) is 1.64. The highest BCUT2D eigenvalue weighted by molar-refractivity contribution is 5.89. The first-order valence-corrected chi connectivity index (χ1v) is 8.47. The zero-order chi connectivity index (χ0) is 18.4. The molecule has 1 aromatic heterocycles. The highest BCUT2D eigenvalue weighted by Gasteiger charge is 2.16. The van der Waals surface area contributed by atoms with E-state index in [0.717, 1.165) is 5.69 Å². The Morgan fingerprint density at radius 3 is 2.76 bits per heavy atom. The lowest BCUT2D eigenvalue weighted by atomic mass is 9.97. The van der Waals surface area contributed by atoms with Crippen molar-refractivity contribution in [1.82, 2.24) is 20.1 Å². The van der Waals surface area contributed by atoms with Crippen molar-refractivity contribution in [3.63, 3.8) is 0 Å². The molecule has 0 spiro atoms. The minimum absolute atomic E-state index is 0.269. The van der Waals surface area contributed by atoms with Crippen molar-refractivity contribution in [3.8, 4) is 0 Å². The van der Waals surface area contributed by atoms with Gasteiger partial charge in [-0.1, -0.05) is 19.9 Å². The standard InChI is InChI=1S/C18H27N5O2/c1-12(2)16-10-15(7-6-13(16)3)21-18(24)20-14(4)17-22-19-11-23(17)8-9-25-5/h6-7,10-12,14H,8-9H2,1-5H3,(H2,20,21,24)/t14-/m1/s1. The van der Waals surface area contributed by atoms with Crippen molar-refractivity contribution in [2.45, 2.75) is 46.2 Å². The van der Waals surface area contributed by atoms with E-state index in [2.05, 4.69) is 41.6 Å². The lowest BCUT2D eigenvalue weighted by molar-refractivity contribution is 0.185. The average molecular weight is 345 g/mol. The van der Waals surface area contributed by atoms with Gasteiger partial charge in [-0.25, -0.2) is 4.79 Å². The monoisotopic (exact) mass is 345 g/mol. The molecule has 136 valence electrons. The topological polar surface area (TPSA) is 81.1 Å². The first kappa shape index (κ1) is 18.9. The Morgan fingerprint density at radius 1 is 1.32 bits per heavy atom. The Balaban J connectivity index is 2.00. The van der Waals surface area contributed by atoms with Crippen molar-refractivity contribution in [2.75, 3.05) is 19.0 Å². The number of hydrogen-bond donors (Lipinski definition) is 2. The van der Waals surface area contributed by atoms with Crippen molar-refractivity contribution in [2.24, 2.45) is 0 Å². The Hall–Kier alpha value is -2.41. The molecular formula is C18H27N5O2. The summed E-state index contributed by atoms with van der Waals surface area (Å²) < 4.78 is 6.95. The highest BCUT2D eigenvalue weighted by atomic mass is 16.5. The number of methoxy groups -OCH3 is 1. The molecule has 25 heavy (non-hydrogen) atoms. The van der Waals surface area contributed by atoms with Crippen LogP contribution in [0.1, 0.15) is 49.7 Å². The smallest absolute Gasteiger partial charge is 0.319 e. The van der Waals surface area contributed by atoms with E-state index in [1.165, 1.54) is 11.1 Å². The zero-order valence-electron chi connectivity index (χ0n) is 15.5. The van der Waals surface area contributed by atoms with Crippen LogP contribution >= 0.6 is 0 Å². The number of aryl methyl sites for hydroxylation is 1. The van der Waals surface area contributed by atoms with Crippen molar-refractivity contribution >= 4 is 11.7 Å². The zero-order valence-corrected chi connectivity index (χ0v) is 15.5. The second-order valence-corrected chi connectivity index (χ2v) is 6.42. The van der Waals surface area contributed by atoms with E-state index in [1.54, 1.807) is 13.4 Å². The van der Waals surface area contributed by atoms with Crippen LogP contribution in [0, 0.1) is 6.92 Å². The Labute approximate surface area is 148 Å². The van der Waals surface area contributed by atoms with Crippen LogP contribution in [-0.4, -0.2) is 34.5 Å². The van der Waals surface area contributed by atoms with E-state index in [1.807, 2.05) is 29.7 Å². The molecule has 2 aromatic rings. The molecule has 0 radical (unpaired) electrons. The average Bonchev–Trinajstić information content (AvgIpc) is 3.03. The number of nitrogens with zero attached hydrogens (tertiary/aromatic N) is 3. The predicted molar refractivity (Wildman–Crippen MR) is 97.7 cm³/mol. The number of benzene rings is 1. The van der Waals surface area contributed by atoms with Crippen LogP contribution in [0.4, 0.5) is 10.5 Å². The molecule has 1 heterocycles. The minimum atomic E-state index is -0.271. The quantitative estimate of drug-likeness (QED) is 0.807. The fraction of sp³-hybridized carbons (Fsp3) is 0.500. The molecule has 0 bridgehead atoms. The van der Waals surface area contributed by atoms with Crippen molar-refractivity contribution < 1.29 is 9.53 Å². The van der Waals surface area contributed by atoms with Gasteiger partial charge < -0.3 is 19.9 Å². The van der Waals surface area contributed by atoms with Crippen LogP contribution in [0.3, 0.4) is 0 Å². The maximum Gasteiger partial charge on any atom is 0.319 e. The maximum absolute atomic E-state index is 12.3. The van der Waals surface area contributed by atoms with Gasteiger partial charge in [-0.05, 0) is 43.0 Å². The number of carbonyl (C=O) groups is 1. The molecular weight excluding hydrogens is 318 g/mol. The van der Waals surface area contributed by atoms with Crippen molar-refractivity contribution in [3.05, 3.63) is 41.5 Å². The normalized spacial score (nSPS) is 12.2. The third-order valence-electron chi connectivity index (χ3n) is 4.08. The lowest BCUT2D eigenvalue weighted by Gasteiger charge is -2.16. The summed E-state index contributed by atoms with van der Waals surface area (Å²) in [6, 6.07) is 5.41. The second-order valence-electron chi connectivity index (χ2n) is 6.42. The van der Waals surface area contributed by atoms with E-state index in [0.29, 0.717) is 24.9 Å². The number of nitrogens with one attached hydrogen (secondary N) is 2. The van der Waals surface area contributed by atoms with Gasteiger partial charge in [0.05, 0.1) is 12.6 Å². The fourth-order valence-corrected chi connectivity index (χ4v) is 2.73. The molecule has 2 amide bonds. The predicted octanol–water partition coefficient (Wildman–Crippen LogP) is 3.24. The van der Waals surface area contributed by atoms with E-state index < -0.39 is 0 Å². The summed E-state index contributed by atoms with van der Waals surface area (Å²) in [5.41, 5.74) is 3.23. The van der Waals surface area contributed by atoms with E-state index in [4.69, 9.17) is 4.74 Å². The number of urea groups is 1. The van der Waals surface area contributed by atoms with E-state index in [9.17, 15) is 4.79 Å². The molecule has 2 N–H and O–H groups in total. The SMILES string of the molecule is COCCn1cnnc1[C@@H](C)NC(=O)Nc1ccc(C)c(C(C)C)c1. The van der Waals surface area contributed by atoms with Crippen molar-refractivity contribution in [1.29, 1.82) is 0 Å². The largest absolute Gasteiger partial charge is 0.383 e. The van der Waals surface area contributed by atoms with Crippen LogP contribution in [0.5, 0.6) is 0 Å². The number of hydrogen-bond acceptors (Lipinski definition) is 4. The third kappa shape index (κ3) is 5.03. The summed E-state index contributed by atoms with van der Waals surface area (Å²) >= 11 is 0. The van der Waals surface area contributed by atoms with Crippen LogP contribution in [0.2, 0.25) is 0 Å². The molecule has 1 aromatic carbocycles. The summed E-state index contributed by atoms with van der Waals surface area (Å²) in [5, 5.41) is 13.8. The Kier molecular flexibility index (Phi) is 6.52. The summed E-state index contributed by atoms with van der Waals surface area (Å²) in [7, 11) is 1.64. The Bertz CT molecular complexity index is 711. The number of ether oxygens (including phenoxy) is 1. The van der Waals surface area contributed by atoms with Gasteiger partial charge in [0.1, 0.15) is 6.33 Å². The van der Waals surface area contributed by atoms with Gasteiger partial charge in [-0.2, -0.15) is 0 Å².